The molecule has 1 unspecified atom stereocenters. The first-order valence-corrected chi connectivity index (χ1v) is 7.64. The number of likely N-dealkylation sites (tertiary alicyclic amines) is 1. The Bertz CT molecular complexity index is 423. The Kier molecular flexibility index (Phi) is 5.52. The lowest BCUT2D eigenvalue weighted by Crippen LogP contribution is -2.45. The molecule has 0 saturated carbocycles. The number of benzene rings is 1. The second kappa shape index (κ2) is 6.94. The summed E-state index contributed by atoms with van der Waals surface area (Å²) >= 11 is 12.0. The summed E-state index contributed by atoms with van der Waals surface area (Å²) in [5, 5.41) is 1.28. The minimum absolute atomic E-state index is 0.632. The number of piperidine rings is 1. The molecule has 1 saturated heterocycles. The molecule has 19 heavy (non-hydrogen) atoms. The molecular weight excluding hydrogens is 279 g/mol. The molecule has 1 heterocycles. The number of likely N-dealkylation sites (N-methyl/N-ethyl adjacent to an activating group) is 2. The zero-order valence-corrected chi connectivity index (χ0v) is 13.2. The quantitative estimate of drug-likeness (QED) is 0.839. The van der Waals surface area contributed by atoms with E-state index >= 15 is 0 Å². The van der Waals surface area contributed by atoms with Crippen LogP contribution < -0.4 is 0 Å². The van der Waals surface area contributed by atoms with Gasteiger partial charge in [-0.3, -0.25) is 0 Å². The Morgan fingerprint density at radius 3 is 2.79 bits per heavy atom. The van der Waals surface area contributed by atoms with Gasteiger partial charge in [-0.25, -0.2) is 0 Å². The van der Waals surface area contributed by atoms with Crippen molar-refractivity contribution in [2.75, 3.05) is 33.7 Å². The van der Waals surface area contributed by atoms with E-state index in [1.807, 2.05) is 12.1 Å². The van der Waals surface area contributed by atoms with E-state index in [4.69, 9.17) is 23.2 Å². The summed E-state index contributed by atoms with van der Waals surface area (Å²) in [7, 11) is 4.43. The van der Waals surface area contributed by atoms with Gasteiger partial charge in [-0.2, -0.15) is 0 Å². The maximum atomic E-state index is 6.04. The molecule has 0 N–H and O–H groups in total. The highest BCUT2D eigenvalue weighted by molar-refractivity contribution is 6.42. The third kappa shape index (κ3) is 4.35. The van der Waals surface area contributed by atoms with Crippen molar-refractivity contribution < 1.29 is 0 Å². The number of hydrogen-bond donors (Lipinski definition) is 0. The smallest absolute Gasteiger partial charge is 0.0595 e. The van der Waals surface area contributed by atoms with Crippen molar-refractivity contribution in [1.29, 1.82) is 0 Å². The highest BCUT2D eigenvalue weighted by Crippen LogP contribution is 2.23. The van der Waals surface area contributed by atoms with Crippen molar-refractivity contribution in [3.63, 3.8) is 0 Å². The lowest BCUT2D eigenvalue weighted by molar-refractivity contribution is 0.135. The monoisotopic (exact) mass is 300 g/mol. The fraction of sp³-hybridized carbons (Fsp3) is 0.600. The first kappa shape index (κ1) is 15.1. The number of nitrogens with zero attached hydrogens (tertiary/aromatic N) is 2. The van der Waals surface area contributed by atoms with Crippen LogP contribution in [0.15, 0.2) is 18.2 Å². The lowest BCUT2D eigenvalue weighted by Gasteiger charge is -2.35. The van der Waals surface area contributed by atoms with Crippen LogP contribution in [0.25, 0.3) is 0 Å². The van der Waals surface area contributed by atoms with E-state index in [1.54, 1.807) is 0 Å². The van der Waals surface area contributed by atoms with E-state index in [9.17, 15) is 0 Å². The summed E-state index contributed by atoms with van der Waals surface area (Å²) < 4.78 is 0. The van der Waals surface area contributed by atoms with Crippen LogP contribution in [0, 0.1) is 0 Å². The van der Waals surface area contributed by atoms with Crippen LogP contribution in [0.2, 0.25) is 10.0 Å². The van der Waals surface area contributed by atoms with Gasteiger partial charge >= 0.3 is 0 Å². The first-order valence-electron chi connectivity index (χ1n) is 6.89. The molecule has 1 aliphatic heterocycles. The second-order valence-corrected chi connectivity index (χ2v) is 6.35. The summed E-state index contributed by atoms with van der Waals surface area (Å²) in [6, 6.07) is 6.61. The van der Waals surface area contributed by atoms with Crippen molar-refractivity contribution in [3.8, 4) is 0 Å². The van der Waals surface area contributed by atoms with Crippen LogP contribution in [0.4, 0.5) is 0 Å². The van der Waals surface area contributed by atoms with Crippen molar-refractivity contribution in [3.05, 3.63) is 33.8 Å². The highest BCUT2D eigenvalue weighted by Gasteiger charge is 2.20. The maximum Gasteiger partial charge on any atom is 0.0595 e. The highest BCUT2D eigenvalue weighted by atomic mass is 35.5. The zero-order valence-electron chi connectivity index (χ0n) is 11.7. The predicted molar refractivity (Wildman–Crippen MR) is 83.3 cm³/mol. The van der Waals surface area contributed by atoms with Gasteiger partial charge in [0.15, 0.2) is 0 Å². The minimum atomic E-state index is 0.632. The van der Waals surface area contributed by atoms with Gasteiger partial charge in [0.1, 0.15) is 0 Å². The Morgan fingerprint density at radius 1 is 1.32 bits per heavy atom. The van der Waals surface area contributed by atoms with Gasteiger partial charge in [-0.15, -0.1) is 0 Å². The van der Waals surface area contributed by atoms with E-state index in [2.05, 4.69) is 30.0 Å². The maximum absolute atomic E-state index is 6.04. The SMILES string of the molecule is CN1CCCC(N(C)CCc2ccc(Cl)c(Cl)c2)C1. The van der Waals surface area contributed by atoms with Crippen LogP contribution in [0.5, 0.6) is 0 Å². The zero-order chi connectivity index (χ0) is 13.8. The van der Waals surface area contributed by atoms with Gasteiger partial charge in [0, 0.05) is 19.1 Å². The predicted octanol–water partition coefficient (Wildman–Crippen LogP) is 3.56. The first-order chi connectivity index (χ1) is 9.06. The molecular formula is C15H22Cl2N2. The molecule has 106 valence electrons. The van der Waals surface area contributed by atoms with Crippen molar-refractivity contribution in [2.45, 2.75) is 25.3 Å². The van der Waals surface area contributed by atoms with E-state index in [0.29, 0.717) is 16.1 Å². The molecule has 1 aromatic rings. The molecule has 0 radical (unpaired) electrons. The topological polar surface area (TPSA) is 6.48 Å². The standard InChI is InChI=1S/C15H22Cl2N2/c1-18-8-3-4-13(11-18)19(2)9-7-12-5-6-14(16)15(17)10-12/h5-6,10,13H,3-4,7-9,11H2,1-2H3. The molecule has 1 atom stereocenters. The normalized spacial score (nSPS) is 21.0. The Morgan fingerprint density at radius 2 is 2.11 bits per heavy atom. The Hall–Kier alpha value is -0.280. The van der Waals surface area contributed by atoms with Gasteiger partial charge in [0.05, 0.1) is 10.0 Å². The molecule has 1 aliphatic rings. The van der Waals surface area contributed by atoms with Crippen LogP contribution in [-0.2, 0) is 6.42 Å². The van der Waals surface area contributed by atoms with Gasteiger partial charge in [-0.05, 0) is 57.6 Å². The van der Waals surface area contributed by atoms with E-state index < -0.39 is 0 Å². The van der Waals surface area contributed by atoms with Crippen molar-refractivity contribution in [1.82, 2.24) is 9.80 Å². The number of hydrogen-bond acceptors (Lipinski definition) is 2. The molecule has 0 aliphatic carbocycles. The van der Waals surface area contributed by atoms with Crippen molar-refractivity contribution >= 4 is 23.2 Å². The van der Waals surface area contributed by atoms with Gasteiger partial charge < -0.3 is 9.80 Å². The van der Waals surface area contributed by atoms with Gasteiger partial charge in [0.2, 0.25) is 0 Å². The number of rotatable bonds is 4. The molecule has 1 aromatic carbocycles. The second-order valence-electron chi connectivity index (χ2n) is 5.54. The Labute approximate surface area is 126 Å². The van der Waals surface area contributed by atoms with Gasteiger partial charge in [-0.1, -0.05) is 29.3 Å². The van der Waals surface area contributed by atoms with Crippen LogP contribution in [0.1, 0.15) is 18.4 Å². The van der Waals surface area contributed by atoms with E-state index in [-0.39, 0.29) is 0 Å². The van der Waals surface area contributed by atoms with Crippen LogP contribution in [0.3, 0.4) is 0 Å². The summed E-state index contributed by atoms with van der Waals surface area (Å²) in [5.74, 6) is 0. The molecule has 0 amide bonds. The third-order valence-electron chi connectivity index (χ3n) is 3.96. The largest absolute Gasteiger partial charge is 0.305 e. The molecule has 2 rings (SSSR count). The summed E-state index contributed by atoms with van der Waals surface area (Å²) in [6.45, 7) is 3.48. The van der Waals surface area contributed by atoms with E-state index in [0.717, 1.165) is 13.0 Å². The fourth-order valence-corrected chi connectivity index (χ4v) is 3.00. The summed E-state index contributed by atoms with van der Waals surface area (Å²) in [4.78, 5) is 4.89. The molecule has 2 nitrogen and oxygen atoms in total. The van der Waals surface area contributed by atoms with Crippen LogP contribution in [-0.4, -0.2) is 49.6 Å². The minimum Gasteiger partial charge on any atom is -0.305 e. The fourth-order valence-electron chi connectivity index (χ4n) is 2.68. The molecule has 0 bridgehead atoms. The molecule has 1 fully saturated rings. The summed E-state index contributed by atoms with van der Waals surface area (Å²) in [5.41, 5.74) is 1.26. The van der Waals surface area contributed by atoms with Crippen LogP contribution >= 0.6 is 23.2 Å². The third-order valence-corrected chi connectivity index (χ3v) is 4.70. The van der Waals surface area contributed by atoms with Crippen molar-refractivity contribution in [2.24, 2.45) is 0 Å². The molecule has 0 spiro atoms. The molecule has 0 aromatic heterocycles. The summed E-state index contributed by atoms with van der Waals surface area (Å²) in [6.07, 6.45) is 3.63. The van der Waals surface area contributed by atoms with E-state index in [1.165, 1.54) is 31.5 Å². The average molecular weight is 301 g/mol. The number of halogens is 2. The Balaban J connectivity index is 1.85. The lowest BCUT2D eigenvalue weighted by atomic mass is 10.0. The van der Waals surface area contributed by atoms with Gasteiger partial charge in [0.25, 0.3) is 0 Å². The molecule has 4 heteroatoms. The average Bonchev–Trinajstić information content (AvgIpc) is 2.40.